The van der Waals surface area contributed by atoms with Crippen molar-refractivity contribution >= 4 is 24.0 Å². The summed E-state index contributed by atoms with van der Waals surface area (Å²) in [5.74, 6) is -1.28. The molecule has 118 valence electrons. The van der Waals surface area contributed by atoms with E-state index in [4.69, 9.17) is 4.74 Å². The molecule has 0 aliphatic rings. The molecule has 1 rings (SSSR count). The number of hydrogen-bond acceptors (Lipinski definition) is 5. The number of ether oxygens (including phenoxy) is 1. The molecular weight excluding hydrogens is 305 g/mol. The third-order valence-corrected chi connectivity index (χ3v) is 2.36. The highest BCUT2D eigenvalue weighted by atomic mass is 35.5. The van der Waals surface area contributed by atoms with Crippen LogP contribution in [0.3, 0.4) is 0 Å². The SMILES string of the molecule is CCNCCNC(=O)COc1ccc([N+](=O)[O-])c(F)c1.Cl. The van der Waals surface area contributed by atoms with Crippen molar-refractivity contribution in [3.8, 4) is 5.75 Å². The van der Waals surface area contributed by atoms with Crippen LogP contribution in [-0.4, -0.2) is 37.1 Å². The lowest BCUT2D eigenvalue weighted by molar-refractivity contribution is -0.387. The molecule has 0 saturated heterocycles. The van der Waals surface area contributed by atoms with E-state index in [1.54, 1.807) is 0 Å². The first-order valence-electron chi connectivity index (χ1n) is 6.08. The lowest BCUT2D eigenvalue weighted by atomic mass is 10.3. The van der Waals surface area contributed by atoms with Gasteiger partial charge in [0.25, 0.3) is 5.91 Å². The van der Waals surface area contributed by atoms with Crippen LogP contribution in [0, 0.1) is 15.9 Å². The molecule has 0 bridgehead atoms. The average molecular weight is 322 g/mol. The van der Waals surface area contributed by atoms with Crippen molar-refractivity contribution in [2.24, 2.45) is 0 Å². The zero-order chi connectivity index (χ0) is 15.0. The lowest BCUT2D eigenvalue weighted by Gasteiger charge is -2.07. The molecule has 0 aromatic heterocycles. The van der Waals surface area contributed by atoms with Gasteiger partial charge in [0, 0.05) is 25.2 Å². The Morgan fingerprint density at radius 2 is 2.14 bits per heavy atom. The van der Waals surface area contributed by atoms with E-state index in [0.717, 1.165) is 18.7 Å². The molecule has 2 N–H and O–H groups in total. The molecule has 0 radical (unpaired) electrons. The zero-order valence-electron chi connectivity index (χ0n) is 11.4. The summed E-state index contributed by atoms with van der Waals surface area (Å²) in [4.78, 5) is 21.0. The van der Waals surface area contributed by atoms with E-state index < -0.39 is 16.4 Å². The van der Waals surface area contributed by atoms with Gasteiger partial charge in [0.05, 0.1) is 4.92 Å². The molecule has 0 spiro atoms. The molecule has 1 amide bonds. The summed E-state index contributed by atoms with van der Waals surface area (Å²) >= 11 is 0. The first-order valence-corrected chi connectivity index (χ1v) is 6.08. The van der Waals surface area contributed by atoms with Gasteiger partial charge in [0.15, 0.2) is 6.61 Å². The number of nitro groups is 1. The molecule has 0 saturated carbocycles. The molecule has 0 atom stereocenters. The fourth-order valence-corrected chi connectivity index (χ4v) is 1.39. The van der Waals surface area contributed by atoms with E-state index in [2.05, 4.69) is 10.6 Å². The monoisotopic (exact) mass is 321 g/mol. The van der Waals surface area contributed by atoms with Gasteiger partial charge in [0.2, 0.25) is 5.82 Å². The van der Waals surface area contributed by atoms with Crippen LogP contribution in [0.15, 0.2) is 18.2 Å². The second kappa shape index (κ2) is 9.89. The van der Waals surface area contributed by atoms with Gasteiger partial charge in [0.1, 0.15) is 5.75 Å². The fraction of sp³-hybridized carbons (Fsp3) is 0.417. The van der Waals surface area contributed by atoms with Gasteiger partial charge in [-0.2, -0.15) is 4.39 Å². The average Bonchev–Trinajstić information content (AvgIpc) is 2.41. The van der Waals surface area contributed by atoms with Crippen LogP contribution in [0.5, 0.6) is 5.75 Å². The first kappa shape index (κ1) is 19.1. The predicted molar refractivity (Wildman–Crippen MR) is 77.4 cm³/mol. The number of carbonyl (C=O) groups is 1. The van der Waals surface area contributed by atoms with Gasteiger partial charge < -0.3 is 15.4 Å². The number of amides is 1. The molecule has 1 aromatic carbocycles. The van der Waals surface area contributed by atoms with Crippen LogP contribution in [0.1, 0.15) is 6.92 Å². The summed E-state index contributed by atoms with van der Waals surface area (Å²) in [5, 5.41) is 16.1. The molecule has 0 unspecified atom stereocenters. The number of benzene rings is 1. The molecule has 9 heteroatoms. The van der Waals surface area contributed by atoms with E-state index in [-0.39, 0.29) is 30.7 Å². The standard InChI is InChI=1S/C12H16FN3O4.ClH/c1-2-14-5-6-15-12(17)8-20-9-3-4-11(16(18)19)10(13)7-9;/h3-4,7,14H,2,5-6,8H2,1H3,(H,15,17);1H. The smallest absolute Gasteiger partial charge is 0.305 e. The van der Waals surface area contributed by atoms with Crippen molar-refractivity contribution in [1.82, 2.24) is 10.6 Å². The number of hydrogen-bond donors (Lipinski definition) is 2. The van der Waals surface area contributed by atoms with Crippen molar-refractivity contribution in [1.29, 1.82) is 0 Å². The predicted octanol–water partition coefficient (Wildman–Crippen LogP) is 1.26. The van der Waals surface area contributed by atoms with Crippen molar-refractivity contribution in [2.45, 2.75) is 6.92 Å². The highest BCUT2D eigenvalue weighted by Gasteiger charge is 2.14. The summed E-state index contributed by atoms with van der Waals surface area (Å²) in [6.45, 7) is 3.60. The van der Waals surface area contributed by atoms with Crippen molar-refractivity contribution in [3.63, 3.8) is 0 Å². The van der Waals surface area contributed by atoms with Crippen LogP contribution < -0.4 is 15.4 Å². The summed E-state index contributed by atoms with van der Waals surface area (Å²) in [6, 6.07) is 3.12. The maximum atomic E-state index is 13.3. The number of nitrogens with zero attached hydrogens (tertiary/aromatic N) is 1. The van der Waals surface area contributed by atoms with E-state index in [1.165, 1.54) is 6.07 Å². The van der Waals surface area contributed by atoms with Crippen LogP contribution in [-0.2, 0) is 4.79 Å². The largest absolute Gasteiger partial charge is 0.484 e. The van der Waals surface area contributed by atoms with Gasteiger partial charge in [-0.05, 0) is 12.6 Å². The minimum Gasteiger partial charge on any atom is -0.484 e. The summed E-state index contributed by atoms with van der Waals surface area (Å²) in [5.41, 5.74) is -0.632. The Balaban J connectivity index is 0.00000400. The highest BCUT2D eigenvalue weighted by molar-refractivity contribution is 5.85. The number of rotatable bonds is 8. The number of nitro benzene ring substituents is 1. The van der Waals surface area contributed by atoms with Gasteiger partial charge >= 0.3 is 5.69 Å². The molecule has 1 aromatic rings. The van der Waals surface area contributed by atoms with E-state index in [0.29, 0.717) is 13.1 Å². The number of likely N-dealkylation sites (N-methyl/N-ethyl adjacent to an activating group) is 1. The van der Waals surface area contributed by atoms with Crippen LogP contribution in [0.25, 0.3) is 0 Å². The van der Waals surface area contributed by atoms with Gasteiger partial charge in [-0.1, -0.05) is 6.92 Å². The second-order valence-corrected chi connectivity index (χ2v) is 3.86. The quantitative estimate of drug-likeness (QED) is 0.427. The van der Waals surface area contributed by atoms with Crippen LogP contribution >= 0.6 is 12.4 Å². The molecule has 7 nitrogen and oxygen atoms in total. The third-order valence-electron chi connectivity index (χ3n) is 2.36. The Labute approximate surface area is 127 Å². The molecule has 0 fully saturated rings. The Hall–Kier alpha value is -1.93. The third kappa shape index (κ3) is 6.87. The maximum absolute atomic E-state index is 13.3. The van der Waals surface area contributed by atoms with E-state index in [9.17, 15) is 19.3 Å². The number of halogens is 2. The van der Waals surface area contributed by atoms with Crippen molar-refractivity contribution in [2.75, 3.05) is 26.2 Å². The Morgan fingerprint density at radius 1 is 1.43 bits per heavy atom. The summed E-state index contributed by atoms with van der Waals surface area (Å²) in [6.07, 6.45) is 0. The molecule has 21 heavy (non-hydrogen) atoms. The Kier molecular flexibility index (Phi) is 8.98. The maximum Gasteiger partial charge on any atom is 0.305 e. The molecular formula is C12H17ClFN3O4. The van der Waals surface area contributed by atoms with Gasteiger partial charge in [-0.15, -0.1) is 12.4 Å². The Morgan fingerprint density at radius 3 is 2.71 bits per heavy atom. The molecule has 0 heterocycles. The van der Waals surface area contributed by atoms with Gasteiger partial charge in [-0.3, -0.25) is 14.9 Å². The fourth-order valence-electron chi connectivity index (χ4n) is 1.39. The van der Waals surface area contributed by atoms with Crippen molar-refractivity contribution in [3.05, 3.63) is 34.1 Å². The number of carbonyl (C=O) groups excluding carboxylic acids is 1. The molecule has 0 aliphatic carbocycles. The summed E-state index contributed by atoms with van der Waals surface area (Å²) < 4.78 is 18.3. The van der Waals surface area contributed by atoms with Crippen LogP contribution in [0.4, 0.5) is 10.1 Å². The minimum absolute atomic E-state index is 0. The zero-order valence-corrected chi connectivity index (χ0v) is 12.2. The normalized spacial score (nSPS) is 9.62. The van der Waals surface area contributed by atoms with Crippen LogP contribution in [0.2, 0.25) is 0 Å². The highest BCUT2D eigenvalue weighted by Crippen LogP contribution is 2.22. The van der Waals surface area contributed by atoms with E-state index in [1.807, 2.05) is 6.92 Å². The Bertz CT molecular complexity index is 488. The minimum atomic E-state index is -1.000. The molecule has 0 aliphatic heterocycles. The van der Waals surface area contributed by atoms with Gasteiger partial charge in [-0.25, -0.2) is 0 Å². The first-order chi connectivity index (χ1) is 9.54. The lowest BCUT2D eigenvalue weighted by Crippen LogP contribution is -2.34. The van der Waals surface area contributed by atoms with Crippen molar-refractivity contribution < 1.29 is 18.8 Å². The number of nitrogens with one attached hydrogen (secondary N) is 2. The topological polar surface area (TPSA) is 93.5 Å². The summed E-state index contributed by atoms with van der Waals surface area (Å²) in [7, 11) is 0. The second-order valence-electron chi connectivity index (χ2n) is 3.86. The van der Waals surface area contributed by atoms with E-state index >= 15 is 0 Å².